The standard InChI is InChI=1S/C23H24FN3O2.C2HF3O2/c24-20-5-1-18(2-6-20)15-23(28)9-13-27(14-10-23)17-19-3-7-21(8-4-19)29-22-16-25-11-12-26-22;3-2(4,5)1(6)7/h1-8,11-12,16,28H,9-10,13-15,17H2;(H,6,7). The number of rotatable bonds is 6. The molecule has 1 fully saturated rings. The molecule has 1 saturated heterocycles. The molecule has 0 saturated carbocycles. The number of carboxylic acid groups (broad SMARTS) is 1. The van der Waals surface area contributed by atoms with Gasteiger partial charge < -0.3 is 14.9 Å². The molecule has 3 aromatic rings. The molecule has 192 valence electrons. The zero-order valence-electron chi connectivity index (χ0n) is 19.2. The van der Waals surface area contributed by atoms with Gasteiger partial charge in [0.2, 0.25) is 5.88 Å². The predicted octanol–water partition coefficient (Wildman–Crippen LogP) is 4.61. The number of piperidine rings is 1. The summed E-state index contributed by atoms with van der Waals surface area (Å²) in [5.74, 6) is -1.81. The van der Waals surface area contributed by atoms with Crippen LogP contribution in [0, 0.1) is 5.82 Å². The van der Waals surface area contributed by atoms with Crippen LogP contribution >= 0.6 is 0 Å². The predicted molar refractivity (Wildman–Crippen MR) is 122 cm³/mol. The maximum atomic E-state index is 13.1. The van der Waals surface area contributed by atoms with Gasteiger partial charge in [0.05, 0.1) is 11.8 Å². The first-order valence-corrected chi connectivity index (χ1v) is 11.0. The quantitative estimate of drug-likeness (QED) is 0.471. The van der Waals surface area contributed by atoms with Gasteiger partial charge in [0.25, 0.3) is 0 Å². The van der Waals surface area contributed by atoms with E-state index in [0.29, 0.717) is 25.1 Å². The second kappa shape index (κ2) is 11.9. The molecule has 4 rings (SSSR count). The van der Waals surface area contributed by atoms with Crippen LogP contribution in [0.1, 0.15) is 24.0 Å². The Hall–Kier alpha value is -3.57. The molecule has 0 radical (unpaired) electrons. The molecule has 2 N–H and O–H groups in total. The summed E-state index contributed by atoms with van der Waals surface area (Å²) in [6, 6.07) is 14.4. The maximum absolute atomic E-state index is 13.1. The maximum Gasteiger partial charge on any atom is 0.490 e. The van der Waals surface area contributed by atoms with E-state index in [9.17, 15) is 22.7 Å². The third kappa shape index (κ3) is 8.58. The van der Waals surface area contributed by atoms with Crippen LogP contribution in [0.4, 0.5) is 17.6 Å². The van der Waals surface area contributed by atoms with Crippen molar-refractivity contribution in [1.82, 2.24) is 14.9 Å². The summed E-state index contributed by atoms with van der Waals surface area (Å²) in [5.41, 5.74) is 1.45. The first-order valence-electron chi connectivity index (χ1n) is 11.0. The van der Waals surface area contributed by atoms with Crippen LogP contribution in [0.5, 0.6) is 11.6 Å². The highest BCUT2D eigenvalue weighted by Gasteiger charge is 2.38. The van der Waals surface area contributed by atoms with E-state index in [2.05, 4.69) is 14.9 Å². The van der Waals surface area contributed by atoms with Crippen LogP contribution < -0.4 is 4.74 Å². The Labute approximate surface area is 205 Å². The number of benzene rings is 2. The van der Waals surface area contributed by atoms with Crippen LogP contribution in [-0.2, 0) is 17.8 Å². The Morgan fingerprint density at radius 2 is 1.58 bits per heavy atom. The number of nitrogens with zero attached hydrogens (tertiary/aromatic N) is 3. The molecule has 1 aromatic heterocycles. The van der Waals surface area contributed by atoms with Gasteiger partial charge in [-0.25, -0.2) is 14.2 Å². The van der Waals surface area contributed by atoms with Crippen LogP contribution in [0.3, 0.4) is 0 Å². The van der Waals surface area contributed by atoms with Crippen LogP contribution in [-0.4, -0.2) is 55.9 Å². The average Bonchev–Trinajstić information content (AvgIpc) is 2.84. The number of likely N-dealkylation sites (tertiary alicyclic amines) is 1. The molecule has 2 heterocycles. The van der Waals surface area contributed by atoms with Crippen LogP contribution in [0.25, 0.3) is 0 Å². The fourth-order valence-electron chi connectivity index (χ4n) is 3.67. The summed E-state index contributed by atoms with van der Waals surface area (Å²) in [4.78, 5) is 19.3. The normalized spacial score (nSPS) is 15.5. The van der Waals surface area contributed by atoms with E-state index in [1.807, 2.05) is 24.3 Å². The Bertz CT molecular complexity index is 1100. The second-order valence-corrected chi connectivity index (χ2v) is 8.40. The minimum Gasteiger partial charge on any atom is -0.475 e. The highest BCUT2D eigenvalue weighted by Crippen LogP contribution is 2.28. The fraction of sp³-hybridized carbons (Fsp3) is 0.320. The Balaban J connectivity index is 0.000000454. The minimum absolute atomic E-state index is 0.247. The van der Waals surface area contributed by atoms with Gasteiger partial charge in [-0.05, 0) is 48.2 Å². The Morgan fingerprint density at radius 3 is 2.11 bits per heavy atom. The van der Waals surface area contributed by atoms with Crippen molar-refractivity contribution in [3.63, 3.8) is 0 Å². The number of aliphatic hydroxyl groups is 1. The largest absolute Gasteiger partial charge is 0.490 e. The van der Waals surface area contributed by atoms with E-state index in [1.54, 1.807) is 30.7 Å². The van der Waals surface area contributed by atoms with E-state index < -0.39 is 17.7 Å². The lowest BCUT2D eigenvalue weighted by Gasteiger charge is -2.38. The van der Waals surface area contributed by atoms with Crippen molar-refractivity contribution in [2.75, 3.05) is 13.1 Å². The number of alkyl halides is 3. The SMILES string of the molecule is O=C(O)C(F)(F)F.OC1(Cc2ccc(F)cc2)CCN(Cc2ccc(Oc3cnccn3)cc2)CC1. The van der Waals surface area contributed by atoms with Gasteiger partial charge in [-0.3, -0.25) is 9.88 Å². The van der Waals surface area contributed by atoms with Gasteiger partial charge in [0, 0.05) is 38.4 Å². The molecule has 2 aromatic carbocycles. The smallest absolute Gasteiger partial charge is 0.475 e. The van der Waals surface area contributed by atoms with E-state index in [4.69, 9.17) is 14.6 Å². The molecule has 36 heavy (non-hydrogen) atoms. The lowest BCUT2D eigenvalue weighted by atomic mass is 9.85. The zero-order chi connectivity index (χ0) is 26.2. The molecule has 1 aliphatic rings. The Morgan fingerprint density at radius 1 is 1.00 bits per heavy atom. The molecule has 0 aliphatic carbocycles. The summed E-state index contributed by atoms with van der Waals surface area (Å²) in [7, 11) is 0. The summed E-state index contributed by atoms with van der Waals surface area (Å²) in [5, 5.41) is 18.0. The number of halogens is 4. The van der Waals surface area contributed by atoms with Crippen molar-refractivity contribution in [3.05, 3.63) is 84.1 Å². The molecule has 0 bridgehead atoms. The number of hydrogen-bond acceptors (Lipinski definition) is 6. The van der Waals surface area contributed by atoms with Gasteiger partial charge in [-0.1, -0.05) is 24.3 Å². The molecule has 11 heteroatoms. The molecule has 0 atom stereocenters. The lowest BCUT2D eigenvalue weighted by Crippen LogP contribution is -2.45. The van der Waals surface area contributed by atoms with Crippen LogP contribution in [0.15, 0.2) is 67.1 Å². The molecule has 0 amide bonds. The summed E-state index contributed by atoms with van der Waals surface area (Å²) < 4.78 is 50.5. The first kappa shape index (κ1) is 27.0. The lowest BCUT2D eigenvalue weighted by molar-refractivity contribution is -0.192. The van der Waals surface area contributed by atoms with Gasteiger partial charge >= 0.3 is 12.1 Å². The van der Waals surface area contributed by atoms with E-state index in [-0.39, 0.29) is 5.82 Å². The van der Waals surface area contributed by atoms with Crippen molar-refractivity contribution in [1.29, 1.82) is 0 Å². The molecular formula is C25H25F4N3O4. The summed E-state index contributed by atoms with van der Waals surface area (Å²) in [6.07, 6.45) is 1.67. The molecule has 7 nitrogen and oxygen atoms in total. The van der Waals surface area contributed by atoms with E-state index in [0.717, 1.165) is 30.9 Å². The minimum atomic E-state index is -5.08. The van der Waals surface area contributed by atoms with Crippen molar-refractivity contribution in [2.24, 2.45) is 0 Å². The van der Waals surface area contributed by atoms with Gasteiger partial charge in [0.1, 0.15) is 11.6 Å². The number of aliphatic carboxylic acids is 1. The number of carboxylic acids is 1. The van der Waals surface area contributed by atoms with Crippen molar-refractivity contribution in [3.8, 4) is 11.6 Å². The number of hydrogen-bond donors (Lipinski definition) is 2. The summed E-state index contributed by atoms with van der Waals surface area (Å²) >= 11 is 0. The number of aromatic nitrogens is 2. The molecular weight excluding hydrogens is 482 g/mol. The van der Waals surface area contributed by atoms with Crippen molar-refractivity contribution >= 4 is 5.97 Å². The van der Waals surface area contributed by atoms with E-state index >= 15 is 0 Å². The highest BCUT2D eigenvalue weighted by molar-refractivity contribution is 5.73. The van der Waals surface area contributed by atoms with E-state index in [1.165, 1.54) is 17.7 Å². The first-order chi connectivity index (χ1) is 17.0. The third-order valence-electron chi connectivity index (χ3n) is 5.57. The fourth-order valence-corrected chi connectivity index (χ4v) is 3.67. The Kier molecular flexibility index (Phi) is 8.94. The van der Waals surface area contributed by atoms with Crippen molar-refractivity contribution in [2.45, 2.75) is 37.6 Å². The van der Waals surface area contributed by atoms with Crippen molar-refractivity contribution < 1.29 is 37.3 Å². The molecule has 0 spiro atoms. The summed E-state index contributed by atoms with van der Waals surface area (Å²) in [6.45, 7) is 2.49. The second-order valence-electron chi connectivity index (χ2n) is 8.40. The van der Waals surface area contributed by atoms with Crippen LogP contribution in [0.2, 0.25) is 0 Å². The zero-order valence-corrected chi connectivity index (χ0v) is 19.2. The number of ether oxygens (including phenoxy) is 1. The van der Waals surface area contributed by atoms with Gasteiger partial charge in [-0.15, -0.1) is 0 Å². The van der Waals surface area contributed by atoms with Gasteiger partial charge in [-0.2, -0.15) is 13.2 Å². The molecule has 1 aliphatic heterocycles. The number of carbonyl (C=O) groups is 1. The third-order valence-corrected chi connectivity index (χ3v) is 5.57. The molecule has 0 unspecified atom stereocenters. The highest BCUT2D eigenvalue weighted by atomic mass is 19.4. The topological polar surface area (TPSA) is 95.8 Å². The average molecular weight is 507 g/mol. The van der Waals surface area contributed by atoms with Gasteiger partial charge in [0.15, 0.2) is 0 Å². The monoisotopic (exact) mass is 507 g/mol.